The Labute approximate surface area is 157 Å². The van der Waals surface area contributed by atoms with Gasteiger partial charge in [0.05, 0.1) is 18.7 Å². The summed E-state index contributed by atoms with van der Waals surface area (Å²) in [6.07, 6.45) is 0. The SMILES string of the molecule is Cc1ccc(C2=C(N(C)CCO)C(=O)N(Cc3ccccc3F)C2=O)cc1. The van der Waals surface area contributed by atoms with Crippen LogP contribution in [0.15, 0.2) is 54.2 Å². The van der Waals surface area contributed by atoms with Crippen molar-refractivity contribution in [2.24, 2.45) is 0 Å². The number of carbonyl (C=O) groups is 2. The van der Waals surface area contributed by atoms with Crippen LogP contribution in [0.3, 0.4) is 0 Å². The molecule has 0 radical (unpaired) electrons. The van der Waals surface area contributed by atoms with Crippen molar-refractivity contribution in [1.29, 1.82) is 0 Å². The number of benzene rings is 2. The van der Waals surface area contributed by atoms with Crippen LogP contribution in [0.1, 0.15) is 16.7 Å². The minimum absolute atomic E-state index is 0.143. The zero-order valence-corrected chi connectivity index (χ0v) is 15.3. The van der Waals surface area contributed by atoms with Crippen molar-refractivity contribution in [3.05, 3.63) is 76.7 Å². The Hall–Kier alpha value is -2.99. The zero-order chi connectivity index (χ0) is 19.6. The average Bonchev–Trinajstić information content (AvgIpc) is 2.89. The first-order valence-corrected chi connectivity index (χ1v) is 8.67. The summed E-state index contributed by atoms with van der Waals surface area (Å²) in [6, 6.07) is 13.4. The maximum atomic E-state index is 14.0. The molecule has 140 valence electrons. The summed E-state index contributed by atoms with van der Waals surface area (Å²) in [5.41, 5.74) is 2.41. The quantitative estimate of drug-likeness (QED) is 0.795. The molecule has 1 heterocycles. The highest BCUT2D eigenvalue weighted by Gasteiger charge is 2.40. The van der Waals surface area contributed by atoms with Gasteiger partial charge in [0, 0.05) is 19.2 Å². The van der Waals surface area contributed by atoms with E-state index in [1.165, 1.54) is 6.07 Å². The highest BCUT2D eigenvalue weighted by Crippen LogP contribution is 2.32. The molecule has 1 aliphatic heterocycles. The van der Waals surface area contributed by atoms with Crippen LogP contribution in [0.5, 0.6) is 0 Å². The second-order valence-corrected chi connectivity index (χ2v) is 6.52. The fraction of sp³-hybridized carbons (Fsp3) is 0.238. The molecule has 0 saturated heterocycles. The molecular weight excluding hydrogens is 347 g/mol. The van der Waals surface area contributed by atoms with Gasteiger partial charge in [0.25, 0.3) is 11.8 Å². The predicted molar refractivity (Wildman–Crippen MR) is 99.8 cm³/mol. The Morgan fingerprint density at radius 2 is 1.70 bits per heavy atom. The van der Waals surface area contributed by atoms with Crippen LogP contribution in [0, 0.1) is 12.7 Å². The third-order valence-electron chi connectivity index (χ3n) is 4.59. The molecule has 0 fully saturated rings. The Bertz CT molecular complexity index is 906. The van der Waals surface area contributed by atoms with E-state index >= 15 is 0 Å². The van der Waals surface area contributed by atoms with Gasteiger partial charge in [-0.2, -0.15) is 0 Å². The maximum Gasteiger partial charge on any atom is 0.278 e. The third-order valence-corrected chi connectivity index (χ3v) is 4.59. The van der Waals surface area contributed by atoms with Gasteiger partial charge >= 0.3 is 0 Å². The number of nitrogens with zero attached hydrogens (tertiary/aromatic N) is 2. The number of amides is 2. The van der Waals surface area contributed by atoms with E-state index < -0.39 is 17.6 Å². The van der Waals surface area contributed by atoms with Gasteiger partial charge in [-0.15, -0.1) is 0 Å². The van der Waals surface area contributed by atoms with E-state index in [2.05, 4.69) is 0 Å². The maximum absolute atomic E-state index is 14.0. The van der Waals surface area contributed by atoms with Gasteiger partial charge in [-0.1, -0.05) is 48.0 Å². The first-order valence-electron chi connectivity index (χ1n) is 8.67. The largest absolute Gasteiger partial charge is 0.395 e. The molecule has 0 saturated carbocycles. The number of aryl methyl sites for hydroxylation is 1. The highest BCUT2D eigenvalue weighted by molar-refractivity contribution is 6.35. The van der Waals surface area contributed by atoms with Gasteiger partial charge in [-0.3, -0.25) is 14.5 Å². The molecule has 0 spiro atoms. The predicted octanol–water partition coefficient (Wildman–Crippen LogP) is 2.34. The molecule has 3 rings (SSSR count). The second kappa shape index (κ2) is 7.72. The first kappa shape index (κ1) is 18.8. The minimum atomic E-state index is -0.491. The Morgan fingerprint density at radius 3 is 2.33 bits per heavy atom. The lowest BCUT2D eigenvalue weighted by Gasteiger charge is -2.20. The minimum Gasteiger partial charge on any atom is -0.395 e. The lowest BCUT2D eigenvalue weighted by Crippen LogP contribution is -2.34. The van der Waals surface area contributed by atoms with E-state index in [1.54, 1.807) is 42.3 Å². The van der Waals surface area contributed by atoms with Crippen LogP contribution >= 0.6 is 0 Å². The van der Waals surface area contributed by atoms with E-state index in [0.717, 1.165) is 10.5 Å². The van der Waals surface area contributed by atoms with Crippen molar-refractivity contribution in [3.63, 3.8) is 0 Å². The molecule has 2 amide bonds. The molecule has 0 aliphatic carbocycles. The number of aliphatic hydroxyl groups excluding tert-OH is 1. The van der Waals surface area contributed by atoms with Crippen LogP contribution in [0.25, 0.3) is 5.57 Å². The number of hydrogen-bond acceptors (Lipinski definition) is 4. The van der Waals surface area contributed by atoms with Crippen molar-refractivity contribution in [3.8, 4) is 0 Å². The smallest absolute Gasteiger partial charge is 0.278 e. The molecule has 27 heavy (non-hydrogen) atoms. The molecule has 1 aliphatic rings. The molecule has 0 aromatic heterocycles. The van der Waals surface area contributed by atoms with Crippen molar-refractivity contribution in [2.45, 2.75) is 13.5 Å². The zero-order valence-electron chi connectivity index (χ0n) is 15.3. The number of rotatable bonds is 6. The highest BCUT2D eigenvalue weighted by atomic mass is 19.1. The molecule has 0 bridgehead atoms. The summed E-state index contributed by atoms with van der Waals surface area (Å²) in [5.74, 6) is -1.42. The van der Waals surface area contributed by atoms with E-state index in [1.807, 2.05) is 19.1 Å². The standard InChI is InChI=1S/C21H21FN2O3/c1-14-7-9-15(10-8-14)18-19(23(2)11-12-25)21(27)24(20(18)26)13-16-5-3-4-6-17(16)22/h3-10,25H,11-13H2,1-2H3. The Morgan fingerprint density at radius 1 is 1.04 bits per heavy atom. The summed E-state index contributed by atoms with van der Waals surface area (Å²) in [5, 5.41) is 9.26. The summed E-state index contributed by atoms with van der Waals surface area (Å²) in [7, 11) is 1.65. The molecule has 0 atom stereocenters. The molecule has 1 N–H and O–H groups in total. The molecule has 5 nitrogen and oxygen atoms in total. The monoisotopic (exact) mass is 368 g/mol. The number of hydrogen-bond donors (Lipinski definition) is 1. The number of halogens is 1. The average molecular weight is 368 g/mol. The Balaban J connectivity index is 2.03. The van der Waals surface area contributed by atoms with E-state index in [4.69, 9.17) is 0 Å². The molecule has 2 aromatic rings. The summed E-state index contributed by atoms with van der Waals surface area (Å²) < 4.78 is 14.0. The number of likely N-dealkylation sites (N-methyl/N-ethyl adjacent to an activating group) is 1. The first-order chi connectivity index (χ1) is 12.9. The van der Waals surface area contributed by atoms with Gasteiger partial charge < -0.3 is 10.0 Å². The summed E-state index contributed by atoms with van der Waals surface area (Å²) in [6.45, 7) is 1.84. The van der Waals surface area contributed by atoms with Crippen LogP contribution in [0.2, 0.25) is 0 Å². The van der Waals surface area contributed by atoms with Crippen molar-refractivity contribution in [1.82, 2.24) is 9.80 Å². The lowest BCUT2D eigenvalue weighted by molar-refractivity contribution is -0.138. The van der Waals surface area contributed by atoms with Crippen LogP contribution < -0.4 is 0 Å². The molecule has 6 heteroatoms. The fourth-order valence-electron chi connectivity index (χ4n) is 3.10. The molecule has 2 aromatic carbocycles. The van der Waals surface area contributed by atoms with Gasteiger partial charge in [-0.05, 0) is 18.6 Å². The number of aliphatic hydroxyl groups is 1. The molecule has 0 unspecified atom stereocenters. The normalized spacial score (nSPS) is 14.3. The van der Waals surface area contributed by atoms with Crippen molar-refractivity contribution < 1.29 is 19.1 Å². The van der Waals surface area contributed by atoms with Gasteiger partial charge in [0.15, 0.2) is 0 Å². The van der Waals surface area contributed by atoms with Gasteiger partial charge in [0.1, 0.15) is 11.5 Å². The second-order valence-electron chi connectivity index (χ2n) is 6.52. The van der Waals surface area contributed by atoms with Gasteiger partial charge in [-0.25, -0.2) is 4.39 Å². The van der Waals surface area contributed by atoms with Crippen molar-refractivity contribution in [2.75, 3.05) is 20.2 Å². The molecular formula is C21H21FN2O3. The third kappa shape index (κ3) is 3.61. The topological polar surface area (TPSA) is 60.9 Å². The Kier molecular flexibility index (Phi) is 5.37. The fourth-order valence-corrected chi connectivity index (χ4v) is 3.10. The van der Waals surface area contributed by atoms with Gasteiger partial charge in [0.2, 0.25) is 0 Å². The van der Waals surface area contributed by atoms with Crippen molar-refractivity contribution >= 4 is 17.4 Å². The van der Waals surface area contributed by atoms with E-state index in [0.29, 0.717) is 5.56 Å². The van der Waals surface area contributed by atoms with Crippen LogP contribution in [-0.2, 0) is 16.1 Å². The lowest BCUT2D eigenvalue weighted by atomic mass is 10.0. The summed E-state index contributed by atoms with van der Waals surface area (Å²) in [4.78, 5) is 28.7. The summed E-state index contributed by atoms with van der Waals surface area (Å²) >= 11 is 0. The van der Waals surface area contributed by atoms with E-state index in [-0.39, 0.29) is 36.5 Å². The van der Waals surface area contributed by atoms with Crippen LogP contribution in [0.4, 0.5) is 4.39 Å². The number of carbonyl (C=O) groups excluding carboxylic acids is 2. The number of imide groups is 1. The van der Waals surface area contributed by atoms with Crippen LogP contribution in [-0.4, -0.2) is 46.9 Å². The van der Waals surface area contributed by atoms with E-state index in [9.17, 15) is 19.1 Å².